The number of hydrogen-bond donors (Lipinski definition) is 4. The molecule has 0 saturated carbocycles. The van der Waals surface area contributed by atoms with Gasteiger partial charge in [-0.15, -0.1) is 0 Å². The SMILES string of the molecule is CN(C(=O)OCc1ccc(NC(=O)NC(CCC(=O)O)C(=O)O)cc1)c1ccccc1. The van der Waals surface area contributed by atoms with Gasteiger partial charge in [-0.3, -0.25) is 9.69 Å². The van der Waals surface area contributed by atoms with E-state index in [9.17, 15) is 19.2 Å². The molecule has 10 heteroatoms. The van der Waals surface area contributed by atoms with E-state index in [-0.39, 0.29) is 19.4 Å². The number of anilines is 2. The molecule has 3 amide bonds. The van der Waals surface area contributed by atoms with E-state index in [0.717, 1.165) is 0 Å². The van der Waals surface area contributed by atoms with Crippen LogP contribution in [0.25, 0.3) is 0 Å². The van der Waals surface area contributed by atoms with Crippen LogP contribution < -0.4 is 15.5 Å². The Morgan fingerprint density at radius 2 is 1.65 bits per heavy atom. The van der Waals surface area contributed by atoms with Crippen molar-refractivity contribution in [1.82, 2.24) is 5.32 Å². The Labute approximate surface area is 178 Å². The Balaban J connectivity index is 1.84. The number of carboxylic acid groups (broad SMARTS) is 2. The Hall–Kier alpha value is -4.08. The predicted molar refractivity (Wildman–Crippen MR) is 112 cm³/mol. The van der Waals surface area contributed by atoms with Crippen LogP contribution in [-0.2, 0) is 20.9 Å². The lowest BCUT2D eigenvalue weighted by molar-refractivity contribution is -0.140. The van der Waals surface area contributed by atoms with Gasteiger partial charge in [0.2, 0.25) is 0 Å². The maximum absolute atomic E-state index is 12.1. The Bertz CT molecular complexity index is 916. The summed E-state index contributed by atoms with van der Waals surface area (Å²) in [4.78, 5) is 47.2. The van der Waals surface area contributed by atoms with E-state index in [1.165, 1.54) is 4.90 Å². The molecule has 0 aromatic heterocycles. The second-order valence-electron chi connectivity index (χ2n) is 6.57. The molecule has 0 aliphatic rings. The van der Waals surface area contributed by atoms with Crippen molar-refractivity contribution >= 4 is 35.4 Å². The summed E-state index contributed by atoms with van der Waals surface area (Å²) in [6.07, 6.45) is -1.14. The van der Waals surface area contributed by atoms with E-state index in [4.69, 9.17) is 14.9 Å². The lowest BCUT2D eigenvalue weighted by Gasteiger charge is -2.17. The molecule has 2 rings (SSSR count). The number of carbonyl (C=O) groups is 4. The summed E-state index contributed by atoms with van der Waals surface area (Å²) in [5, 5.41) is 22.4. The minimum absolute atomic E-state index is 0.0265. The van der Waals surface area contributed by atoms with Crippen molar-refractivity contribution in [2.75, 3.05) is 17.3 Å². The first kappa shape index (κ1) is 23.2. The molecule has 31 heavy (non-hydrogen) atoms. The zero-order valence-corrected chi connectivity index (χ0v) is 16.8. The molecule has 0 spiro atoms. The number of para-hydroxylation sites is 1. The highest BCUT2D eigenvalue weighted by atomic mass is 16.6. The Morgan fingerprint density at radius 1 is 1.00 bits per heavy atom. The van der Waals surface area contributed by atoms with Crippen LogP contribution in [0.15, 0.2) is 54.6 Å². The molecule has 0 radical (unpaired) electrons. The topological polar surface area (TPSA) is 145 Å². The molecule has 2 aromatic rings. The van der Waals surface area contributed by atoms with Gasteiger partial charge < -0.3 is 25.6 Å². The third kappa shape index (κ3) is 7.69. The van der Waals surface area contributed by atoms with E-state index in [0.29, 0.717) is 16.9 Å². The zero-order chi connectivity index (χ0) is 22.8. The predicted octanol–water partition coefficient (Wildman–Crippen LogP) is 2.90. The summed E-state index contributed by atoms with van der Waals surface area (Å²) >= 11 is 0. The van der Waals surface area contributed by atoms with Gasteiger partial charge in [0.05, 0.1) is 0 Å². The largest absolute Gasteiger partial charge is 0.481 e. The quantitative estimate of drug-likeness (QED) is 0.479. The third-order valence-corrected chi connectivity index (χ3v) is 4.24. The lowest BCUT2D eigenvalue weighted by Crippen LogP contribution is -2.43. The summed E-state index contributed by atoms with van der Waals surface area (Å²) in [5.41, 5.74) is 1.77. The van der Waals surface area contributed by atoms with Gasteiger partial charge in [0.1, 0.15) is 12.6 Å². The molecule has 0 heterocycles. The number of nitrogens with zero attached hydrogens (tertiary/aromatic N) is 1. The van der Waals surface area contributed by atoms with Crippen LogP contribution in [0.3, 0.4) is 0 Å². The maximum Gasteiger partial charge on any atom is 0.414 e. The van der Waals surface area contributed by atoms with Crippen molar-refractivity contribution in [3.05, 3.63) is 60.2 Å². The van der Waals surface area contributed by atoms with Crippen LogP contribution in [0.4, 0.5) is 21.0 Å². The number of urea groups is 1. The van der Waals surface area contributed by atoms with E-state index in [2.05, 4.69) is 10.6 Å². The second-order valence-corrected chi connectivity index (χ2v) is 6.57. The molecule has 1 unspecified atom stereocenters. The Kier molecular flexibility index (Phi) is 8.38. The molecule has 2 aromatic carbocycles. The molecule has 4 N–H and O–H groups in total. The maximum atomic E-state index is 12.1. The van der Waals surface area contributed by atoms with Gasteiger partial charge in [-0.1, -0.05) is 30.3 Å². The van der Waals surface area contributed by atoms with Gasteiger partial charge >= 0.3 is 24.1 Å². The summed E-state index contributed by atoms with van der Waals surface area (Å²) in [6.45, 7) is 0.0265. The van der Waals surface area contributed by atoms with Crippen molar-refractivity contribution in [2.24, 2.45) is 0 Å². The standard InChI is InChI=1S/C21H23N3O7/c1-24(16-5-3-2-4-6-16)21(30)31-13-14-7-9-15(10-8-14)22-20(29)23-17(19(27)28)11-12-18(25)26/h2-10,17H,11-13H2,1H3,(H,25,26)(H,27,28)(H2,22,23,29). The number of hydrogen-bond acceptors (Lipinski definition) is 5. The third-order valence-electron chi connectivity index (χ3n) is 4.24. The molecular formula is C21H23N3O7. The molecule has 0 aliphatic heterocycles. The molecule has 0 aliphatic carbocycles. The number of carbonyl (C=O) groups excluding carboxylic acids is 2. The van der Waals surface area contributed by atoms with Crippen molar-refractivity contribution in [3.8, 4) is 0 Å². The van der Waals surface area contributed by atoms with Gasteiger partial charge in [0.25, 0.3) is 0 Å². The fourth-order valence-corrected chi connectivity index (χ4v) is 2.53. The molecule has 0 saturated heterocycles. The summed E-state index contributed by atoms with van der Waals surface area (Å²) in [5.74, 6) is -2.48. The number of rotatable bonds is 9. The van der Waals surface area contributed by atoms with Gasteiger partial charge in [-0.2, -0.15) is 0 Å². The monoisotopic (exact) mass is 429 g/mol. The van der Waals surface area contributed by atoms with E-state index in [1.807, 2.05) is 18.2 Å². The van der Waals surface area contributed by atoms with Gasteiger partial charge in [0, 0.05) is 24.8 Å². The molecule has 0 fully saturated rings. The number of aliphatic carboxylic acids is 2. The first-order valence-electron chi connectivity index (χ1n) is 9.33. The van der Waals surface area contributed by atoms with Crippen LogP contribution >= 0.6 is 0 Å². The summed E-state index contributed by atoms with van der Waals surface area (Å²) in [7, 11) is 1.60. The highest BCUT2D eigenvalue weighted by Crippen LogP contribution is 2.14. The van der Waals surface area contributed by atoms with Gasteiger partial charge in [-0.05, 0) is 36.2 Å². The van der Waals surface area contributed by atoms with E-state index in [1.54, 1.807) is 43.4 Å². The first-order chi connectivity index (χ1) is 14.8. The summed E-state index contributed by atoms with van der Waals surface area (Å²) in [6, 6.07) is 13.3. The fourth-order valence-electron chi connectivity index (χ4n) is 2.53. The molecule has 164 valence electrons. The number of amides is 3. The van der Waals surface area contributed by atoms with Gasteiger partial charge in [0.15, 0.2) is 0 Å². The van der Waals surface area contributed by atoms with Crippen molar-refractivity contribution in [2.45, 2.75) is 25.5 Å². The first-order valence-corrected chi connectivity index (χ1v) is 9.33. The summed E-state index contributed by atoms with van der Waals surface area (Å²) < 4.78 is 5.26. The van der Waals surface area contributed by atoms with Crippen molar-refractivity contribution in [1.29, 1.82) is 0 Å². The number of ether oxygens (including phenoxy) is 1. The average molecular weight is 429 g/mol. The number of carboxylic acids is 2. The molecular weight excluding hydrogens is 406 g/mol. The zero-order valence-electron chi connectivity index (χ0n) is 16.8. The van der Waals surface area contributed by atoms with E-state index < -0.39 is 30.1 Å². The van der Waals surface area contributed by atoms with Crippen LogP contribution in [0.5, 0.6) is 0 Å². The van der Waals surface area contributed by atoms with Crippen LogP contribution in [-0.4, -0.2) is 47.4 Å². The lowest BCUT2D eigenvalue weighted by atomic mass is 10.1. The second kappa shape index (κ2) is 11.2. The number of nitrogens with one attached hydrogen (secondary N) is 2. The minimum Gasteiger partial charge on any atom is -0.481 e. The smallest absolute Gasteiger partial charge is 0.414 e. The molecule has 10 nitrogen and oxygen atoms in total. The van der Waals surface area contributed by atoms with Gasteiger partial charge in [-0.25, -0.2) is 14.4 Å². The fraction of sp³-hybridized carbons (Fsp3) is 0.238. The normalized spacial score (nSPS) is 11.1. The Morgan fingerprint density at radius 3 is 2.23 bits per heavy atom. The highest BCUT2D eigenvalue weighted by molar-refractivity contribution is 5.92. The van der Waals surface area contributed by atoms with Crippen molar-refractivity contribution in [3.63, 3.8) is 0 Å². The molecule has 1 atom stereocenters. The highest BCUT2D eigenvalue weighted by Gasteiger charge is 2.21. The van der Waals surface area contributed by atoms with Crippen LogP contribution in [0, 0.1) is 0 Å². The number of benzene rings is 2. The van der Waals surface area contributed by atoms with Crippen molar-refractivity contribution < 1.29 is 34.1 Å². The van der Waals surface area contributed by atoms with Crippen LogP contribution in [0.1, 0.15) is 18.4 Å². The average Bonchev–Trinajstić information content (AvgIpc) is 2.75. The molecule has 0 bridgehead atoms. The van der Waals surface area contributed by atoms with Crippen LogP contribution in [0.2, 0.25) is 0 Å². The minimum atomic E-state index is -1.32. The van der Waals surface area contributed by atoms with E-state index >= 15 is 0 Å².